The lowest BCUT2D eigenvalue weighted by atomic mass is 10.0. The Morgan fingerprint density at radius 1 is 0.339 bits per heavy atom. The average molecular weight is 865 g/mol. The van der Waals surface area contributed by atoms with E-state index in [9.17, 15) is 14.4 Å². The monoisotopic (exact) mass is 865 g/mol. The van der Waals surface area contributed by atoms with E-state index in [4.69, 9.17) is 14.2 Å². The number of carbonyl (C=O) groups excluding carboxylic acids is 3. The maximum Gasteiger partial charge on any atom is 0.306 e. The Labute approximate surface area is 382 Å². The summed E-state index contributed by atoms with van der Waals surface area (Å²) in [4.78, 5) is 38.0. The second-order valence-electron chi connectivity index (χ2n) is 17.1. The molecule has 0 aromatic rings. The van der Waals surface area contributed by atoms with Crippen molar-refractivity contribution < 1.29 is 28.6 Å². The van der Waals surface area contributed by atoms with E-state index in [1.807, 2.05) is 0 Å². The molecule has 0 aliphatic heterocycles. The smallest absolute Gasteiger partial charge is 0.306 e. The van der Waals surface area contributed by atoms with Crippen molar-refractivity contribution in [2.45, 2.75) is 252 Å². The summed E-state index contributed by atoms with van der Waals surface area (Å²) in [5, 5.41) is 0. The summed E-state index contributed by atoms with van der Waals surface area (Å²) in [7, 11) is 0. The largest absolute Gasteiger partial charge is 0.462 e. The van der Waals surface area contributed by atoms with E-state index in [1.54, 1.807) is 0 Å². The number of unbranched alkanes of at least 4 members (excludes halogenated alkanes) is 23. The van der Waals surface area contributed by atoms with E-state index in [0.717, 1.165) is 109 Å². The molecule has 0 heterocycles. The van der Waals surface area contributed by atoms with E-state index in [-0.39, 0.29) is 31.1 Å². The lowest BCUT2D eigenvalue weighted by Crippen LogP contribution is -2.30. The van der Waals surface area contributed by atoms with Crippen LogP contribution in [-0.4, -0.2) is 37.2 Å². The number of rotatable bonds is 46. The molecule has 1 atom stereocenters. The number of carbonyl (C=O) groups is 3. The molecule has 0 fully saturated rings. The summed E-state index contributed by atoms with van der Waals surface area (Å²) in [6.07, 6.45) is 63.1. The fourth-order valence-corrected chi connectivity index (χ4v) is 7.05. The highest BCUT2D eigenvalue weighted by molar-refractivity contribution is 5.71. The molecule has 6 nitrogen and oxygen atoms in total. The van der Waals surface area contributed by atoms with E-state index in [1.165, 1.54) is 96.3 Å². The van der Waals surface area contributed by atoms with Gasteiger partial charge in [0, 0.05) is 19.3 Å². The molecule has 356 valence electrons. The maximum absolute atomic E-state index is 12.8. The molecule has 62 heavy (non-hydrogen) atoms. The topological polar surface area (TPSA) is 78.9 Å². The number of ether oxygens (including phenoxy) is 3. The highest BCUT2D eigenvalue weighted by Crippen LogP contribution is 2.15. The van der Waals surface area contributed by atoms with Crippen molar-refractivity contribution in [3.8, 4) is 0 Å². The van der Waals surface area contributed by atoms with Crippen molar-refractivity contribution in [3.05, 3.63) is 72.9 Å². The summed E-state index contributed by atoms with van der Waals surface area (Å²) >= 11 is 0. The molecule has 0 saturated heterocycles. The van der Waals surface area contributed by atoms with Gasteiger partial charge in [-0.3, -0.25) is 14.4 Å². The van der Waals surface area contributed by atoms with Crippen molar-refractivity contribution in [2.24, 2.45) is 0 Å². The second kappa shape index (κ2) is 50.5. The van der Waals surface area contributed by atoms with Crippen LogP contribution in [-0.2, 0) is 28.6 Å². The standard InChI is InChI=1S/C56H96O6/c1-4-7-10-13-16-19-22-25-28-31-34-37-40-43-46-49-55(58)61-52-53(51-60-54(57)48-45-42-39-36-33-30-27-24-21-18-15-12-9-6-3)62-56(59)50-47-44-41-38-35-32-29-26-23-20-17-14-11-8-5-2/h7,10,16-17,19-20,25-26,28-29,34,37,53H,4-6,8-9,11-15,18,21-24,27,30-33,35-36,38-52H2,1-3H3/b10-7-,19-16-,20-17-,28-25-,29-26-,37-34-. The lowest BCUT2D eigenvalue weighted by molar-refractivity contribution is -0.167. The fourth-order valence-electron chi connectivity index (χ4n) is 7.05. The van der Waals surface area contributed by atoms with Crippen LogP contribution in [0.3, 0.4) is 0 Å². The number of esters is 3. The summed E-state index contributed by atoms with van der Waals surface area (Å²) in [6.45, 7) is 6.45. The first-order valence-corrected chi connectivity index (χ1v) is 25.9. The van der Waals surface area contributed by atoms with Gasteiger partial charge in [0.15, 0.2) is 6.10 Å². The lowest BCUT2D eigenvalue weighted by Gasteiger charge is -2.18. The van der Waals surface area contributed by atoms with Gasteiger partial charge >= 0.3 is 17.9 Å². The third-order valence-corrected chi connectivity index (χ3v) is 10.9. The summed E-state index contributed by atoms with van der Waals surface area (Å²) in [5.74, 6) is -0.947. The van der Waals surface area contributed by atoms with Gasteiger partial charge in [0.05, 0.1) is 0 Å². The van der Waals surface area contributed by atoms with Crippen LogP contribution in [0.1, 0.15) is 245 Å². The number of allylic oxidation sites excluding steroid dienone is 12. The SMILES string of the molecule is CC/C=C\C/C=C\C/C=C\C/C=C\CCCCC(=O)OCC(COC(=O)CCCCCCCCCCCCCCCC)OC(=O)CCCCCCC/C=C\C/C=C\CCCCC. The predicted octanol–water partition coefficient (Wildman–Crippen LogP) is 17.0. The molecule has 0 rings (SSSR count). The maximum atomic E-state index is 12.8. The van der Waals surface area contributed by atoms with Gasteiger partial charge in [-0.05, 0) is 89.9 Å². The van der Waals surface area contributed by atoms with Crippen LogP contribution in [0.15, 0.2) is 72.9 Å². The Morgan fingerprint density at radius 2 is 0.629 bits per heavy atom. The first-order valence-electron chi connectivity index (χ1n) is 25.9. The molecule has 0 N–H and O–H groups in total. The Morgan fingerprint density at radius 3 is 1.05 bits per heavy atom. The Hall–Kier alpha value is -3.15. The number of hydrogen-bond donors (Lipinski definition) is 0. The van der Waals surface area contributed by atoms with Gasteiger partial charge in [-0.25, -0.2) is 0 Å². The Kier molecular flexibility index (Phi) is 47.9. The van der Waals surface area contributed by atoms with Gasteiger partial charge in [-0.1, -0.05) is 209 Å². The first-order chi connectivity index (χ1) is 30.5. The van der Waals surface area contributed by atoms with Gasteiger partial charge in [0.25, 0.3) is 0 Å². The Balaban J connectivity index is 4.47. The van der Waals surface area contributed by atoms with Crippen molar-refractivity contribution >= 4 is 17.9 Å². The van der Waals surface area contributed by atoms with Crippen LogP contribution in [0, 0.1) is 0 Å². The molecule has 0 bridgehead atoms. The Bertz CT molecular complexity index is 1180. The minimum Gasteiger partial charge on any atom is -0.462 e. The predicted molar refractivity (Wildman–Crippen MR) is 265 cm³/mol. The summed E-state index contributed by atoms with van der Waals surface area (Å²) < 4.78 is 16.8. The van der Waals surface area contributed by atoms with Crippen molar-refractivity contribution in [2.75, 3.05) is 13.2 Å². The van der Waals surface area contributed by atoms with Crippen LogP contribution in [0.2, 0.25) is 0 Å². The second-order valence-corrected chi connectivity index (χ2v) is 17.1. The first kappa shape index (κ1) is 58.9. The van der Waals surface area contributed by atoms with Crippen molar-refractivity contribution in [1.82, 2.24) is 0 Å². The van der Waals surface area contributed by atoms with Gasteiger partial charge in [-0.2, -0.15) is 0 Å². The molecular formula is C56H96O6. The molecule has 1 unspecified atom stereocenters. The van der Waals surface area contributed by atoms with Crippen LogP contribution in [0.25, 0.3) is 0 Å². The molecule has 0 saturated carbocycles. The highest BCUT2D eigenvalue weighted by Gasteiger charge is 2.19. The molecule has 0 aliphatic rings. The highest BCUT2D eigenvalue weighted by atomic mass is 16.6. The van der Waals surface area contributed by atoms with Crippen LogP contribution in [0.4, 0.5) is 0 Å². The molecule has 0 amide bonds. The molecule has 6 heteroatoms. The van der Waals surface area contributed by atoms with E-state index < -0.39 is 6.10 Å². The zero-order valence-electron chi connectivity index (χ0n) is 40.6. The zero-order valence-corrected chi connectivity index (χ0v) is 40.6. The minimum absolute atomic E-state index is 0.0928. The van der Waals surface area contributed by atoms with Crippen LogP contribution < -0.4 is 0 Å². The van der Waals surface area contributed by atoms with Gasteiger partial charge in [0.2, 0.25) is 0 Å². The molecule has 0 radical (unpaired) electrons. The van der Waals surface area contributed by atoms with Crippen molar-refractivity contribution in [3.63, 3.8) is 0 Å². The molecule has 0 aromatic heterocycles. The average Bonchev–Trinajstić information content (AvgIpc) is 3.27. The molecule has 0 aromatic carbocycles. The van der Waals surface area contributed by atoms with Crippen LogP contribution in [0.5, 0.6) is 0 Å². The number of hydrogen-bond acceptors (Lipinski definition) is 6. The van der Waals surface area contributed by atoms with Gasteiger partial charge in [-0.15, -0.1) is 0 Å². The van der Waals surface area contributed by atoms with Gasteiger partial charge in [0.1, 0.15) is 13.2 Å². The van der Waals surface area contributed by atoms with Gasteiger partial charge < -0.3 is 14.2 Å². The van der Waals surface area contributed by atoms with E-state index >= 15 is 0 Å². The normalized spacial score (nSPS) is 12.6. The van der Waals surface area contributed by atoms with E-state index in [2.05, 4.69) is 93.7 Å². The fraction of sp³-hybridized carbons (Fsp3) is 0.732. The van der Waals surface area contributed by atoms with Crippen molar-refractivity contribution in [1.29, 1.82) is 0 Å². The quantitative estimate of drug-likeness (QED) is 0.0262. The third-order valence-electron chi connectivity index (χ3n) is 10.9. The molecule has 0 aliphatic carbocycles. The minimum atomic E-state index is -0.797. The molecule has 0 spiro atoms. The summed E-state index contributed by atoms with van der Waals surface area (Å²) in [6, 6.07) is 0. The zero-order chi connectivity index (χ0) is 45.1. The molecular weight excluding hydrogens is 769 g/mol. The summed E-state index contributed by atoms with van der Waals surface area (Å²) in [5.41, 5.74) is 0. The van der Waals surface area contributed by atoms with E-state index in [0.29, 0.717) is 19.3 Å². The van der Waals surface area contributed by atoms with Crippen LogP contribution >= 0.6 is 0 Å². The third kappa shape index (κ3) is 47.9.